The summed E-state index contributed by atoms with van der Waals surface area (Å²) < 4.78 is 2.34. The molecule has 3 heteroatoms. The second-order valence-corrected chi connectivity index (χ2v) is 14.6. The molecule has 1 aliphatic rings. The number of aromatic nitrogens is 3. The van der Waals surface area contributed by atoms with Crippen molar-refractivity contribution in [3.63, 3.8) is 0 Å². The number of fused-ring (bicyclic) bond motifs is 11. The summed E-state index contributed by atoms with van der Waals surface area (Å²) in [5.74, 6) is 0.667. The minimum absolute atomic E-state index is 0.0974. The van der Waals surface area contributed by atoms with E-state index in [2.05, 4.69) is 182 Å². The number of hydrogen-bond acceptors (Lipinski definition) is 2. The maximum atomic E-state index is 5.45. The number of hydrogen-bond donors (Lipinski definition) is 0. The first-order chi connectivity index (χ1) is 25.6. The summed E-state index contributed by atoms with van der Waals surface area (Å²) in [4.78, 5) is 10.8. The third-order valence-corrected chi connectivity index (χ3v) is 11.4. The van der Waals surface area contributed by atoms with Crippen LogP contribution in [0.4, 0.5) is 0 Å². The van der Waals surface area contributed by atoms with E-state index < -0.39 is 0 Å². The van der Waals surface area contributed by atoms with Crippen LogP contribution < -0.4 is 0 Å². The highest BCUT2D eigenvalue weighted by molar-refractivity contribution is 6.21. The van der Waals surface area contributed by atoms with Crippen LogP contribution in [0.5, 0.6) is 0 Å². The van der Waals surface area contributed by atoms with Gasteiger partial charge in [-0.3, -0.25) is 4.57 Å². The Kier molecular flexibility index (Phi) is 6.01. The van der Waals surface area contributed by atoms with Gasteiger partial charge in [0.2, 0.25) is 5.95 Å². The van der Waals surface area contributed by atoms with Crippen molar-refractivity contribution < 1.29 is 0 Å². The molecule has 0 saturated carbocycles. The highest BCUT2D eigenvalue weighted by Gasteiger charge is 2.36. The zero-order valence-electron chi connectivity index (χ0n) is 28.9. The van der Waals surface area contributed by atoms with E-state index >= 15 is 0 Å². The van der Waals surface area contributed by atoms with Crippen LogP contribution in [0.2, 0.25) is 0 Å². The molecule has 244 valence electrons. The molecule has 0 radical (unpaired) electrons. The van der Waals surface area contributed by atoms with E-state index in [1.54, 1.807) is 0 Å². The molecule has 2 aromatic heterocycles. The second kappa shape index (κ2) is 10.7. The van der Waals surface area contributed by atoms with Crippen molar-refractivity contribution in [2.75, 3.05) is 0 Å². The lowest BCUT2D eigenvalue weighted by molar-refractivity contribution is 0.661. The van der Waals surface area contributed by atoms with E-state index in [0.29, 0.717) is 5.95 Å². The van der Waals surface area contributed by atoms with Crippen LogP contribution in [0.1, 0.15) is 25.0 Å². The molecule has 52 heavy (non-hydrogen) atoms. The average molecular weight is 664 g/mol. The van der Waals surface area contributed by atoms with Gasteiger partial charge >= 0.3 is 0 Å². The largest absolute Gasteiger partial charge is 0.277 e. The second-order valence-electron chi connectivity index (χ2n) is 14.6. The lowest BCUT2D eigenvalue weighted by atomic mass is 9.82. The standard InChI is InChI=1S/C49H33N3/c1-49(2)41-27-25-33(29-40(41)44-34-17-8-6-13-30(34)24-28-42(44)49)36-20-12-21-37-38-26-23-31-14-7-9-18-35(31)46(38)52(47(36)37)48-50-43-22-11-10-19-39(43)45(51-48)32-15-4-3-5-16-32/h3-29H,1-2H3. The topological polar surface area (TPSA) is 30.7 Å². The molecule has 0 bridgehead atoms. The summed E-state index contributed by atoms with van der Waals surface area (Å²) in [7, 11) is 0. The van der Waals surface area contributed by atoms with Gasteiger partial charge in [-0.2, -0.15) is 0 Å². The van der Waals surface area contributed by atoms with Crippen molar-refractivity contribution in [1.29, 1.82) is 0 Å². The van der Waals surface area contributed by atoms with Crippen molar-refractivity contribution in [1.82, 2.24) is 14.5 Å². The van der Waals surface area contributed by atoms with Crippen molar-refractivity contribution in [2.24, 2.45) is 0 Å². The molecule has 0 saturated heterocycles. The van der Waals surface area contributed by atoms with Crippen LogP contribution in [-0.2, 0) is 5.41 Å². The summed E-state index contributed by atoms with van der Waals surface area (Å²) in [5, 5.41) is 8.35. The lowest BCUT2D eigenvalue weighted by Crippen LogP contribution is -2.14. The molecule has 3 nitrogen and oxygen atoms in total. The molecular formula is C49H33N3. The lowest BCUT2D eigenvalue weighted by Gasteiger charge is -2.21. The Balaban J connectivity index is 1.26. The molecule has 0 atom stereocenters. The molecule has 11 rings (SSSR count). The third kappa shape index (κ3) is 4.02. The van der Waals surface area contributed by atoms with Gasteiger partial charge in [0.05, 0.1) is 22.2 Å². The highest BCUT2D eigenvalue weighted by atomic mass is 15.2. The van der Waals surface area contributed by atoms with E-state index in [9.17, 15) is 0 Å². The van der Waals surface area contributed by atoms with E-state index in [1.807, 2.05) is 0 Å². The average Bonchev–Trinajstić information content (AvgIpc) is 3.66. The normalized spacial score (nSPS) is 13.3. The number of benzene rings is 8. The summed E-state index contributed by atoms with van der Waals surface area (Å²) in [6.45, 7) is 4.72. The van der Waals surface area contributed by atoms with Gasteiger partial charge in [-0.05, 0) is 56.1 Å². The molecule has 0 unspecified atom stereocenters. The van der Waals surface area contributed by atoms with Crippen molar-refractivity contribution in [3.8, 4) is 39.5 Å². The fraction of sp³-hybridized carbons (Fsp3) is 0.0612. The van der Waals surface area contributed by atoms with E-state index in [4.69, 9.17) is 9.97 Å². The van der Waals surface area contributed by atoms with Crippen LogP contribution in [0.15, 0.2) is 164 Å². The van der Waals surface area contributed by atoms with Gasteiger partial charge in [-0.25, -0.2) is 9.97 Å². The fourth-order valence-corrected chi connectivity index (χ4v) is 8.93. The van der Waals surface area contributed by atoms with E-state index in [1.165, 1.54) is 60.1 Å². The first kappa shape index (κ1) is 29.2. The minimum Gasteiger partial charge on any atom is -0.277 e. The summed E-state index contributed by atoms with van der Waals surface area (Å²) >= 11 is 0. The van der Waals surface area contributed by atoms with Gasteiger partial charge in [0.1, 0.15) is 0 Å². The van der Waals surface area contributed by atoms with Crippen LogP contribution in [0, 0.1) is 0 Å². The third-order valence-electron chi connectivity index (χ3n) is 11.4. The first-order valence-electron chi connectivity index (χ1n) is 18.0. The predicted octanol–water partition coefficient (Wildman–Crippen LogP) is 12.7. The van der Waals surface area contributed by atoms with Crippen molar-refractivity contribution in [3.05, 3.63) is 175 Å². The SMILES string of the molecule is CC1(C)c2ccc(-c3cccc4c5ccc6ccccc6c5n(-c5nc(-c6ccccc6)c6ccccc6n5)c34)cc2-c2c1ccc1ccccc21. The van der Waals surface area contributed by atoms with Crippen molar-refractivity contribution >= 4 is 54.3 Å². The molecule has 0 fully saturated rings. The molecule has 0 N–H and O–H groups in total. The molecule has 2 heterocycles. The molecule has 10 aromatic rings. The Bertz CT molecular complexity index is 3100. The van der Waals surface area contributed by atoms with Gasteiger partial charge in [0.15, 0.2) is 0 Å². The highest BCUT2D eigenvalue weighted by Crippen LogP contribution is 2.52. The Morgan fingerprint density at radius 3 is 1.94 bits per heavy atom. The molecule has 0 spiro atoms. The monoisotopic (exact) mass is 663 g/mol. The number of para-hydroxylation sites is 2. The van der Waals surface area contributed by atoms with Gasteiger partial charge in [-0.15, -0.1) is 0 Å². The van der Waals surface area contributed by atoms with Crippen LogP contribution >= 0.6 is 0 Å². The molecule has 8 aromatic carbocycles. The van der Waals surface area contributed by atoms with E-state index in [-0.39, 0.29) is 5.41 Å². The molecule has 1 aliphatic carbocycles. The summed E-state index contributed by atoms with van der Waals surface area (Å²) in [6.07, 6.45) is 0. The molecular weight excluding hydrogens is 631 g/mol. The summed E-state index contributed by atoms with van der Waals surface area (Å²) in [6, 6.07) is 59.3. The molecule has 0 amide bonds. The Hall–Kier alpha value is -6.58. The predicted molar refractivity (Wildman–Crippen MR) is 217 cm³/mol. The van der Waals surface area contributed by atoms with Gasteiger partial charge < -0.3 is 0 Å². The Labute approximate surface area is 301 Å². The van der Waals surface area contributed by atoms with Crippen LogP contribution in [-0.4, -0.2) is 14.5 Å². The van der Waals surface area contributed by atoms with Gasteiger partial charge in [0.25, 0.3) is 0 Å². The van der Waals surface area contributed by atoms with Crippen LogP contribution in [0.25, 0.3) is 93.7 Å². The molecule has 0 aliphatic heterocycles. The maximum absolute atomic E-state index is 5.45. The smallest absolute Gasteiger partial charge is 0.235 e. The maximum Gasteiger partial charge on any atom is 0.235 e. The van der Waals surface area contributed by atoms with Crippen molar-refractivity contribution in [2.45, 2.75) is 19.3 Å². The fourth-order valence-electron chi connectivity index (χ4n) is 8.93. The number of nitrogens with zero attached hydrogens (tertiary/aromatic N) is 3. The zero-order chi connectivity index (χ0) is 34.6. The summed E-state index contributed by atoms with van der Waals surface area (Å²) in [5.41, 5.74) is 12.8. The minimum atomic E-state index is -0.0974. The van der Waals surface area contributed by atoms with Gasteiger partial charge in [-0.1, -0.05) is 166 Å². The van der Waals surface area contributed by atoms with Gasteiger partial charge in [0, 0.05) is 38.1 Å². The Morgan fingerprint density at radius 2 is 1.10 bits per heavy atom. The Morgan fingerprint density at radius 1 is 0.442 bits per heavy atom. The quantitative estimate of drug-likeness (QED) is 0.188. The first-order valence-corrected chi connectivity index (χ1v) is 18.0. The van der Waals surface area contributed by atoms with Crippen LogP contribution in [0.3, 0.4) is 0 Å². The number of rotatable bonds is 3. The zero-order valence-corrected chi connectivity index (χ0v) is 28.9. The van der Waals surface area contributed by atoms with E-state index in [0.717, 1.165) is 38.8 Å².